The monoisotopic (exact) mass is 525 g/mol. The van der Waals surface area contributed by atoms with Crippen molar-refractivity contribution >= 4 is 23.7 Å². The van der Waals surface area contributed by atoms with Crippen LogP contribution < -0.4 is 16.0 Å². The van der Waals surface area contributed by atoms with Gasteiger partial charge in [-0.05, 0) is 25.7 Å². The summed E-state index contributed by atoms with van der Waals surface area (Å²) in [5.74, 6) is -2.23. The molecule has 0 aromatic heterocycles. The van der Waals surface area contributed by atoms with Crippen LogP contribution in [0.2, 0.25) is 0 Å². The number of aliphatic carboxylic acids is 1. The SMILES string of the molecule is CCCCCC(C)C(=O)NC(CCCCC)C(=O)NC(CCCCC)C(=O)NC(CCCCC)C(=O)O. The molecule has 4 unspecified atom stereocenters. The van der Waals surface area contributed by atoms with E-state index in [1.807, 2.05) is 13.8 Å². The van der Waals surface area contributed by atoms with Gasteiger partial charge in [-0.1, -0.05) is 112 Å². The maximum absolute atomic E-state index is 13.3. The normalized spacial score (nSPS) is 14.3. The maximum Gasteiger partial charge on any atom is 0.326 e. The zero-order valence-electron chi connectivity index (χ0n) is 24.2. The first kappa shape index (κ1) is 34.9. The predicted octanol–water partition coefficient (Wildman–Crippen LogP) is 5.48. The van der Waals surface area contributed by atoms with Crippen molar-refractivity contribution in [3.8, 4) is 0 Å². The Morgan fingerprint density at radius 3 is 1.22 bits per heavy atom. The molecular formula is C29H55N3O5. The Labute approximate surface area is 225 Å². The highest BCUT2D eigenvalue weighted by molar-refractivity contribution is 5.93. The highest BCUT2D eigenvalue weighted by Gasteiger charge is 2.29. The second kappa shape index (κ2) is 21.9. The molecule has 0 radical (unpaired) electrons. The maximum atomic E-state index is 13.3. The van der Waals surface area contributed by atoms with Gasteiger partial charge in [-0.2, -0.15) is 0 Å². The summed E-state index contributed by atoms with van der Waals surface area (Å²) in [5, 5.41) is 18.0. The number of amides is 3. The first-order valence-electron chi connectivity index (χ1n) is 14.8. The molecule has 0 bridgehead atoms. The fourth-order valence-corrected chi connectivity index (χ4v) is 4.28. The molecule has 0 aromatic carbocycles. The number of rotatable bonds is 23. The lowest BCUT2D eigenvalue weighted by Crippen LogP contribution is -2.56. The Kier molecular flexibility index (Phi) is 20.7. The van der Waals surface area contributed by atoms with Crippen LogP contribution in [-0.4, -0.2) is 46.9 Å². The van der Waals surface area contributed by atoms with Gasteiger partial charge in [0.15, 0.2) is 0 Å². The number of nitrogens with one attached hydrogen (secondary N) is 3. The van der Waals surface area contributed by atoms with Gasteiger partial charge < -0.3 is 21.1 Å². The van der Waals surface area contributed by atoms with Crippen LogP contribution in [0, 0.1) is 5.92 Å². The van der Waals surface area contributed by atoms with Crippen LogP contribution in [0.1, 0.15) is 137 Å². The number of carbonyl (C=O) groups excluding carboxylic acids is 3. The van der Waals surface area contributed by atoms with Gasteiger partial charge in [0, 0.05) is 5.92 Å². The van der Waals surface area contributed by atoms with Gasteiger partial charge in [0.25, 0.3) is 0 Å². The summed E-state index contributed by atoms with van der Waals surface area (Å²) < 4.78 is 0. The van der Waals surface area contributed by atoms with Crippen LogP contribution in [0.4, 0.5) is 0 Å². The van der Waals surface area contributed by atoms with Crippen molar-refractivity contribution in [3.63, 3.8) is 0 Å². The van der Waals surface area contributed by atoms with Crippen LogP contribution in [-0.2, 0) is 19.2 Å². The molecule has 4 atom stereocenters. The quantitative estimate of drug-likeness (QED) is 0.131. The Balaban J connectivity index is 5.43. The lowest BCUT2D eigenvalue weighted by molar-refractivity contribution is -0.142. The van der Waals surface area contributed by atoms with Gasteiger partial charge in [-0.3, -0.25) is 14.4 Å². The van der Waals surface area contributed by atoms with Crippen molar-refractivity contribution in [3.05, 3.63) is 0 Å². The van der Waals surface area contributed by atoms with Crippen molar-refractivity contribution in [2.45, 2.75) is 155 Å². The smallest absolute Gasteiger partial charge is 0.326 e. The number of hydrogen-bond donors (Lipinski definition) is 4. The van der Waals surface area contributed by atoms with Gasteiger partial charge in [-0.25, -0.2) is 4.79 Å². The fourth-order valence-electron chi connectivity index (χ4n) is 4.28. The summed E-state index contributed by atoms with van der Waals surface area (Å²) in [6, 6.07) is -2.53. The van der Waals surface area contributed by atoms with E-state index in [2.05, 4.69) is 36.7 Å². The third-order valence-electron chi connectivity index (χ3n) is 6.86. The van der Waals surface area contributed by atoms with E-state index in [9.17, 15) is 24.3 Å². The molecule has 37 heavy (non-hydrogen) atoms. The van der Waals surface area contributed by atoms with Gasteiger partial charge in [0.2, 0.25) is 17.7 Å². The Morgan fingerprint density at radius 1 is 0.514 bits per heavy atom. The molecular weight excluding hydrogens is 470 g/mol. The molecule has 0 aromatic rings. The standard InChI is InChI=1S/C29H55N3O5/c1-6-10-14-18-22(5)26(33)30-23(19-15-11-7-2)27(34)31-24(20-16-12-8-3)28(35)32-25(29(36)37)21-17-13-9-4/h22-25H,6-21H2,1-5H3,(H,30,33)(H,31,34)(H,32,35)(H,36,37). The molecule has 0 aliphatic heterocycles. The van der Waals surface area contributed by atoms with Gasteiger partial charge in [0.1, 0.15) is 18.1 Å². The van der Waals surface area contributed by atoms with E-state index in [-0.39, 0.29) is 17.7 Å². The first-order valence-corrected chi connectivity index (χ1v) is 14.8. The van der Waals surface area contributed by atoms with E-state index in [4.69, 9.17) is 0 Å². The number of carboxylic acid groups (broad SMARTS) is 1. The zero-order chi connectivity index (χ0) is 28.1. The molecule has 0 saturated carbocycles. The van der Waals surface area contributed by atoms with Crippen LogP contribution in [0.15, 0.2) is 0 Å². The molecule has 4 N–H and O–H groups in total. The molecule has 8 heteroatoms. The predicted molar refractivity (Wildman–Crippen MR) is 149 cm³/mol. The molecule has 0 spiro atoms. The molecule has 216 valence electrons. The van der Waals surface area contributed by atoms with Crippen LogP contribution in [0.25, 0.3) is 0 Å². The minimum atomic E-state index is -1.06. The van der Waals surface area contributed by atoms with E-state index in [0.29, 0.717) is 25.7 Å². The topological polar surface area (TPSA) is 125 Å². The van der Waals surface area contributed by atoms with Crippen molar-refractivity contribution in [2.75, 3.05) is 0 Å². The fraction of sp³-hybridized carbons (Fsp3) is 0.862. The van der Waals surface area contributed by atoms with Crippen LogP contribution in [0.5, 0.6) is 0 Å². The number of carbonyl (C=O) groups is 4. The number of unbranched alkanes of at least 4 members (excludes halogenated alkanes) is 8. The summed E-state index contributed by atoms with van der Waals surface area (Å²) >= 11 is 0. The van der Waals surface area contributed by atoms with E-state index < -0.39 is 30.0 Å². The minimum absolute atomic E-state index is 0.137. The zero-order valence-corrected chi connectivity index (χ0v) is 24.2. The first-order chi connectivity index (χ1) is 17.7. The lowest BCUT2D eigenvalue weighted by Gasteiger charge is -2.25. The van der Waals surface area contributed by atoms with Crippen molar-refractivity contribution < 1.29 is 24.3 Å². The summed E-state index contributed by atoms with van der Waals surface area (Å²) in [6.07, 6.45) is 13.1. The van der Waals surface area contributed by atoms with Gasteiger partial charge >= 0.3 is 5.97 Å². The van der Waals surface area contributed by atoms with Crippen molar-refractivity contribution in [1.29, 1.82) is 0 Å². The van der Waals surface area contributed by atoms with E-state index in [0.717, 1.165) is 77.0 Å². The molecule has 0 heterocycles. The van der Waals surface area contributed by atoms with Gasteiger partial charge in [-0.15, -0.1) is 0 Å². The minimum Gasteiger partial charge on any atom is -0.480 e. The second-order valence-electron chi connectivity index (χ2n) is 10.4. The summed E-state index contributed by atoms with van der Waals surface area (Å²) in [5.41, 5.74) is 0. The second-order valence-corrected chi connectivity index (χ2v) is 10.4. The number of carboxylic acids is 1. The Morgan fingerprint density at radius 2 is 0.838 bits per heavy atom. The molecule has 8 nitrogen and oxygen atoms in total. The molecule has 3 amide bonds. The van der Waals surface area contributed by atoms with E-state index in [1.54, 1.807) is 0 Å². The summed E-state index contributed by atoms with van der Waals surface area (Å²) in [6.45, 7) is 10.2. The molecule has 0 fully saturated rings. The average molecular weight is 526 g/mol. The molecule has 0 aliphatic rings. The highest BCUT2D eigenvalue weighted by atomic mass is 16.4. The molecule has 0 saturated heterocycles. The van der Waals surface area contributed by atoms with Crippen molar-refractivity contribution in [2.24, 2.45) is 5.92 Å². The van der Waals surface area contributed by atoms with Crippen LogP contribution in [0.3, 0.4) is 0 Å². The largest absolute Gasteiger partial charge is 0.480 e. The Bertz CT molecular complexity index is 655. The third kappa shape index (κ3) is 16.4. The van der Waals surface area contributed by atoms with E-state index in [1.165, 1.54) is 0 Å². The lowest BCUT2D eigenvalue weighted by atomic mass is 10.0. The average Bonchev–Trinajstić information content (AvgIpc) is 2.86. The van der Waals surface area contributed by atoms with Crippen LogP contribution >= 0.6 is 0 Å². The van der Waals surface area contributed by atoms with Crippen molar-refractivity contribution in [1.82, 2.24) is 16.0 Å². The molecule has 0 rings (SSSR count). The molecule has 0 aliphatic carbocycles. The Hall–Kier alpha value is -2.12. The summed E-state index contributed by atoms with van der Waals surface area (Å²) in [4.78, 5) is 51.0. The van der Waals surface area contributed by atoms with E-state index >= 15 is 0 Å². The third-order valence-corrected chi connectivity index (χ3v) is 6.86. The van der Waals surface area contributed by atoms with Gasteiger partial charge in [0.05, 0.1) is 0 Å². The number of hydrogen-bond acceptors (Lipinski definition) is 4. The highest BCUT2D eigenvalue weighted by Crippen LogP contribution is 2.13. The summed E-state index contributed by atoms with van der Waals surface area (Å²) in [7, 11) is 0.